The lowest BCUT2D eigenvalue weighted by Gasteiger charge is -2.06. The Morgan fingerprint density at radius 1 is 1.11 bits per heavy atom. The molecule has 7 nitrogen and oxygen atoms in total. The fourth-order valence-electron chi connectivity index (χ4n) is 2.75. The van der Waals surface area contributed by atoms with E-state index >= 15 is 0 Å². The summed E-state index contributed by atoms with van der Waals surface area (Å²) in [4.78, 5) is 28.6. The number of carbonyl (C=O) groups is 1. The third kappa shape index (κ3) is 3.94. The average Bonchev–Trinajstić information content (AvgIpc) is 3.16. The van der Waals surface area contributed by atoms with Gasteiger partial charge in [-0.15, -0.1) is 0 Å². The third-order valence-corrected chi connectivity index (χ3v) is 4.29. The van der Waals surface area contributed by atoms with Crippen LogP contribution in [0.3, 0.4) is 0 Å². The van der Waals surface area contributed by atoms with Crippen molar-refractivity contribution in [3.63, 3.8) is 0 Å². The Morgan fingerprint density at radius 2 is 1.93 bits per heavy atom. The first kappa shape index (κ1) is 17.9. The van der Waals surface area contributed by atoms with E-state index in [0.717, 1.165) is 11.3 Å². The lowest BCUT2D eigenvalue weighted by atomic mass is 10.2. The highest BCUT2D eigenvalue weighted by molar-refractivity contribution is 6.30. The number of nitrogens with zero attached hydrogens (tertiary/aromatic N) is 4. The first-order chi connectivity index (χ1) is 13.6. The first-order valence-electron chi connectivity index (χ1n) is 8.51. The number of esters is 1. The van der Waals surface area contributed by atoms with Crippen LogP contribution in [0.5, 0.6) is 0 Å². The van der Waals surface area contributed by atoms with Crippen LogP contribution in [-0.4, -0.2) is 25.1 Å². The molecule has 0 aliphatic heterocycles. The second kappa shape index (κ2) is 7.66. The Labute approximate surface area is 164 Å². The van der Waals surface area contributed by atoms with Gasteiger partial charge in [-0.2, -0.15) is 5.10 Å². The Hall–Kier alpha value is -3.45. The maximum absolute atomic E-state index is 12.1. The van der Waals surface area contributed by atoms with Crippen LogP contribution < -0.4 is 5.56 Å². The summed E-state index contributed by atoms with van der Waals surface area (Å²) in [6.07, 6.45) is 4.97. The second-order valence-electron chi connectivity index (χ2n) is 6.13. The summed E-state index contributed by atoms with van der Waals surface area (Å²) < 4.78 is 8.29. The number of benzene rings is 1. The van der Waals surface area contributed by atoms with Crippen molar-refractivity contribution in [2.24, 2.45) is 0 Å². The molecule has 0 fully saturated rings. The van der Waals surface area contributed by atoms with Crippen molar-refractivity contribution < 1.29 is 9.53 Å². The molecule has 0 N–H and O–H groups in total. The minimum Gasteiger partial charge on any atom is -0.459 e. The highest BCUT2D eigenvalue weighted by Crippen LogP contribution is 2.10. The molecule has 3 heterocycles. The molecule has 0 bridgehead atoms. The molecule has 140 valence electrons. The lowest BCUT2D eigenvalue weighted by molar-refractivity contribution is -0.144. The lowest BCUT2D eigenvalue weighted by Crippen LogP contribution is -2.17. The Kier molecular flexibility index (Phi) is 4.90. The standard InChI is InChI=1S/C20H15ClN4O3/c21-15-6-7-18-23-16(9-19(26)24(18)12-15)13-28-20(27)8-14-10-22-25(11-14)17-4-2-1-3-5-17/h1-7,9-12H,8,13H2. The molecule has 1 aromatic carbocycles. The quantitative estimate of drug-likeness (QED) is 0.486. The van der Waals surface area contributed by atoms with Crippen LogP contribution in [0.15, 0.2) is 71.9 Å². The number of pyridine rings is 1. The van der Waals surface area contributed by atoms with Gasteiger partial charge in [-0.05, 0) is 24.3 Å². The molecule has 0 spiro atoms. The normalized spacial score (nSPS) is 10.9. The monoisotopic (exact) mass is 394 g/mol. The number of hydrogen-bond donors (Lipinski definition) is 0. The summed E-state index contributed by atoms with van der Waals surface area (Å²) in [7, 11) is 0. The second-order valence-corrected chi connectivity index (χ2v) is 6.56. The Morgan fingerprint density at radius 3 is 2.75 bits per heavy atom. The fourth-order valence-corrected chi connectivity index (χ4v) is 2.91. The smallest absolute Gasteiger partial charge is 0.310 e. The van der Waals surface area contributed by atoms with Gasteiger partial charge in [0.15, 0.2) is 0 Å². The topological polar surface area (TPSA) is 78.5 Å². The molecule has 3 aromatic heterocycles. The van der Waals surface area contributed by atoms with Gasteiger partial charge in [-0.25, -0.2) is 9.67 Å². The molecule has 28 heavy (non-hydrogen) atoms. The molecule has 0 saturated heterocycles. The highest BCUT2D eigenvalue weighted by Gasteiger charge is 2.10. The van der Waals surface area contributed by atoms with Gasteiger partial charge < -0.3 is 4.74 Å². The van der Waals surface area contributed by atoms with Gasteiger partial charge in [0.05, 0.1) is 29.0 Å². The van der Waals surface area contributed by atoms with Gasteiger partial charge in [0.2, 0.25) is 0 Å². The summed E-state index contributed by atoms with van der Waals surface area (Å²) in [5, 5.41) is 4.69. The summed E-state index contributed by atoms with van der Waals surface area (Å²) >= 11 is 5.89. The molecule has 0 unspecified atom stereocenters. The Bertz CT molecular complexity index is 1200. The minimum atomic E-state index is -0.425. The van der Waals surface area contributed by atoms with Crippen molar-refractivity contribution in [3.05, 3.63) is 93.8 Å². The van der Waals surface area contributed by atoms with E-state index in [2.05, 4.69) is 10.1 Å². The fraction of sp³-hybridized carbons (Fsp3) is 0.100. The van der Waals surface area contributed by atoms with Crippen LogP contribution >= 0.6 is 11.6 Å². The van der Waals surface area contributed by atoms with Crippen LogP contribution in [0.1, 0.15) is 11.3 Å². The van der Waals surface area contributed by atoms with E-state index in [-0.39, 0.29) is 18.6 Å². The number of halogens is 1. The van der Waals surface area contributed by atoms with Gasteiger partial charge in [-0.3, -0.25) is 14.0 Å². The molecule has 0 saturated carbocycles. The molecule has 0 atom stereocenters. The van der Waals surface area contributed by atoms with Gasteiger partial charge in [0, 0.05) is 24.0 Å². The number of aromatic nitrogens is 4. The molecule has 8 heteroatoms. The van der Waals surface area contributed by atoms with E-state index in [0.29, 0.717) is 16.4 Å². The van der Waals surface area contributed by atoms with Crippen molar-refractivity contribution in [1.29, 1.82) is 0 Å². The van der Waals surface area contributed by atoms with Crippen LogP contribution in [0.2, 0.25) is 5.02 Å². The zero-order chi connectivity index (χ0) is 19.5. The summed E-state index contributed by atoms with van der Waals surface area (Å²) in [6.45, 7) is -0.0833. The third-order valence-electron chi connectivity index (χ3n) is 4.06. The number of para-hydroxylation sites is 1. The molecular weight excluding hydrogens is 380 g/mol. The minimum absolute atomic E-state index is 0.0784. The van der Waals surface area contributed by atoms with Crippen LogP contribution in [0.25, 0.3) is 11.3 Å². The largest absolute Gasteiger partial charge is 0.459 e. The summed E-state index contributed by atoms with van der Waals surface area (Å²) in [5.41, 5.74) is 2.16. The van der Waals surface area contributed by atoms with E-state index < -0.39 is 5.97 Å². The van der Waals surface area contributed by atoms with E-state index in [1.807, 2.05) is 30.3 Å². The SMILES string of the molecule is O=C(Cc1cnn(-c2ccccc2)c1)OCc1cc(=O)n2cc(Cl)ccc2n1. The van der Waals surface area contributed by atoms with Crippen molar-refractivity contribution in [3.8, 4) is 5.69 Å². The highest BCUT2D eigenvalue weighted by atomic mass is 35.5. The predicted molar refractivity (Wildman–Crippen MR) is 104 cm³/mol. The van der Waals surface area contributed by atoms with Crippen LogP contribution in [0.4, 0.5) is 0 Å². The maximum atomic E-state index is 12.1. The maximum Gasteiger partial charge on any atom is 0.310 e. The van der Waals surface area contributed by atoms with E-state index in [9.17, 15) is 9.59 Å². The Balaban J connectivity index is 1.41. The molecule has 0 amide bonds. The van der Waals surface area contributed by atoms with Gasteiger partial charge in [0.1, 0.15) is 12.3 Å². The molecule has 4 aromatic rings. The van der Waals surface area contributed by atoms with E-state index in [1.54, 1.807) is 29.2 Å². The first-order valence-corrected chi connectivity index (χ1v) is 8.89. The number of fused-ring (bicyclic) bond motifs is 1. The van der Waals surface area contributed by atoms with E-state index in [4.69, 9.17) is 16.3 Å². The molecule has 4 rings (SSSR count). The predicted octanol–water partition coefficient (Wildman–Crippen LogP) is 2.82. The number of ether oxygens (including phenoxy) is 1. The average molecular weight is 395 g/mol. The van der Waals surface area contributed by atoms with Crippen LogP contribution in [0, 0.1) is 0 Å². The number of rotatable bonds is 5. The zero-order valence-corrected chi connectivity index (χ0v) is 15.4. The summed E-state index contributed by atoms with van der Waals surface area (Å²) in [5.74, 6) is -0.425. The zero-order valence-electron chi connectivity index (χ0n) is 14.7. The van der Waals surface area contributed by atoms with Crippen molar-refractivity contribution in [1.82, 2.24) is 19.2 Å². The molecule has 0 aliphatic rings. The molecule has 0 aliphatic carbocycles. The van der Waals surface area contributed by atoms with Crippen molar-refractivity contribution >= 4 is 23.2 Å². The van der Waals surface area contributed by atoms with Gasteiger partial charge >= 0.3 is 5.97 Å². The van der Waals surface area contributed by atoms with Crippen molar-refractivity contribution in [2.75, 3.05) is 0 Å². The van der Waals surface area contributed by atoms with Crippen LogP contribution in [-0.2, 0) is 22.6 Å². The van der Waals surface area contributed by atoms with Gasteiger partial charge in [0.25, 0.3) is 5.56 Å². The summed E-state index contributed by atoms with van der Waals surface area (Å²) in [6, 6.07) is 14.2. The number of hydrogen-bond acceptors (Lipinski definition) is 5. The number of carbonyl (C=O) groups excluding carboxylic acids is 1. The molecule has 0 radical (unpaired) electrons. The van der Waals surface area contributed by atoms with E-state index in [1.165, 1.54) is 16.7 Å². The van der Waals surface area contributed by atoms with Gasteiger partial charge in [-0.1, -0.05) is 29.8 Å². The molecular formula is C20H15ClN4O3. The van der Waals surface area contributed by atoms with Crippen molar-refractivity contribution in [2.45, 2.75) is 13.0 Å².